The van der Waals surface area contributed by atoms with E-state index in [1.165, 1.54) is 20.3 Å². The molecule has 1 amide bonds. The van der Waals surface area contributed by atoms with E-state index in [-0.39, 0.29) is 0 Å². The van der Waals surface area contributed by atoms with Crippen LogP contribution < -0.4 is 14.8 Å². The molecule has 2 rings (SSSR count). The highest BCUT2D eigenvalue weighted by atomic mass is 32.2. The Morgan fingerprint density at radius 3 is 2.41 bits per heavy atom. The number of nitriles is 1. The summed E-state index contributed by atoms with van der Waals surface area (Å²) in [6, 6.07) is 10.4. The van der Waals surface area contributed by atoms with Crippen LogP contribution in [0.4, 0.5) is 5.69 Å². The van der Waals surface area contributed by atoms with Crippen LogP contribution in [0.15, 0.2) is 47.4 Å². The van der Waals surface area contributed by atoms with E-state index in [1.807, 2.05) is 12.3 Å². The fourth-order valence-electron chi connectivity index (χ4n) is 2.35. The van der Waals surface area contributed by atoms with Crippen LogP contribution in [0.2, 0.25) is 0 Å². The Morgan fingerprint density at radius 2 is 1.83 bits per heavy atom. The smallest absolute Gasteiger partial charge is 0.331 e. The van der Waals surface area contributed by atoms with Crippen LogP contribution in [0.25, 0.3) is 6.08 Å². The Hall–Kier alpha value is -3.44. The third-order valence-electron chi connectivity index (χ3n) is 3.77. The molecule has 150 valence electrons. The van der Waals surface area contributed by atoms with Crippen molar-refractivity contribution in [2.75, 3.05) is 26.1 Å². The van der Waals surface area contributed by atoms with Crippen molar-refractivity contribution in [2.45, 2.75) is 11.8 Å². The predicted molar refractivity (Wildman–Crippen MR) is 111 cm³/mol. The summed E-state index contributed by atoms with van der Waals surface area (Å²) in [5.41, 5.74) is 2.08. The number of carbonyl (C=O) groups excluding carboxylic acids is 2. The summed E-state index contributed by atoms with van der Waals surface area (Å²) in [7, 11) is 3.07. The van der Waals surface area contributed by atoms with Crippen molar-refractivity contribution < 1.29 is 23.8 Å². The lowest BCUT2D eigenvalue weighted by atomic mass is 10.2. The number of benzene rings is 2. The largest absolute Gasteiger partial charge is 0.497 e. The average Bonchev–Trinajstić information content (AvgIpc) is 2.72. The van der Waals surface area contributed by atoms with E-state index < -0.39 is 18.5 Å². The minimum atomic E-state index is -0.653. The number of thioether (sulfide) groups is 1. The molecule has 0 fully saturated rings. The molecule has 2 aromatic rings. The van der Waals surface area contributed by atoms with Crippen LogP contribution in [0.3, 0.4) is 0 Å². The molecule has 2 aromatic carbocycles. The topological polar surface area (TPSA) is 97.6 Å². The third-order valence-corrected chi connectivity index (χ3v) is 4.35. The summed E-state index contributed by atoms with van der Waals surface area (Å²) < 4.78 is 15.3. The molecule has 0 spiro atoms. The lowest BCUT2D eigenvalue weighted by Gasteiger charge is -2.09. The van der Waals surface area contributed by atoms with Crippen molar-refractivity contribution in [3.05, 3.63) is 53.6 Å². The van der Waals surface area contributed by atoms with Crippen molar-refractivity contribution in [1.29, 1.82) is 5.26 Å². The highest BCUT2D eigenvalue weighted by Gasteiger charge is 2.08. The van der Waals surface area contributed by atoms with Crippen LogP contribution in [0.1, 0.15) is 11.1 Å². The number of aryl methyl sites for hydroxylation is 1. The fourth-order valence-corrected chi connectivity index (χ4v) is 2.83. The fraction of sp³-hybridized carbons (Fsp3) is 0.190. The molecule has 0 aromatic heterocycles. The maximum Gasteiger partial charge on any atom is 0.331 e. The molecule has 0 saturated carbocycles. The van der Waals surface area contributed by atoms with Gasteiger partial charge in [0.2, 0.25) is 0 Å². The van der Waals surface area contributed by atoms with Gasteiger partial charge in [-0.2, -0.15) is 5.26 Å². The van der Waals surface area contributed by atoms with Crippen molar-refractivity contribution in [3.8, 4) is 16.9 Å². The maximum absolute atomic E-state index is 12.0. The first-order chi connectivity index (χ1) is 13.9. The summed E-state index contributed by atoms with van der Waals surface area (Å²) >= 11 is 1.04. The second kappa shape index (κ2) is 10.8. The van der Waals surface area contributed by atoms with E-state index >= 15 is 0 Å². The minimum absolute atomic E-state index is 0.418. The van der Waals surface area contributed by atoms with Crippen LogP contribution in [0.5, 0.6) is 11.5 Å². The van der Waals surface area contributed by atoms with E-state index in [1.54, 1.807) is 42.5 Å². The van der Waals surface area contributed by atoms with Gasteiger partial charge in [0.1, 0.15) is 16.9 Å². The summed E-state index contributed by atoms with van der Waals surface area (Å²) in [5.74, 6) is 0.0654. The Morgan fingerprint density at radius 1 is 1.14 bits per heavy atom. The van der Waals surface area contributed by atoms with E-state index in [9.17, 15) is 9.59 Å². The number of hydrogen-bond acceptors (Lipinski definition) is 7. The van der Waals surface area contributed by atoms with Gasteiger partial charge in [-0.05, 0) is 66.2 Å². The molecule has 0 unspecified atom stereocenters. The van der Waals surface area contributed by atoms with E-state index in [4.69, 9.17) is 19.5 Å². The van der Waals surface area contributed by atoms with Crippen LogP contribution in [0, 0.1) is 17.6 Å². The summed E-state index contributed by atoms with van der Waals surface area (Å²) in [6.07, 6.45) is 2.77. The standard InChI is InChI=1S/C21H20N2O5S/c1-14-8-18(29-13-22)5-6-19(14)23-20(24)12-28-21(25)7-4-15-9-16(26-2)11-17(10-15)27-3/h4-11H,12H2,1-3H3,(H,23,24)/b7-4+. The Kier molecular flexibility index (Phi) is 8.12. The van der Waals surface area contributed by atoms with E-state index in [0.717, 1.165) is 22.2 Å². The number of hydrogen-bond donors (Lipinski definition) is 1. The van der Waals surface area contributed by atoms with Crippen molar-refractivity contribution in [3.63, 3.8) is 0 Å². The van der Waals surface area contributed by atoms with E-state index in [2.05, 4.69) is 5.32 Å². The van der Waals surface area contributed by atoms with Crippen molar-refractivity contribution >= 4 is 35.4 Å². The van der Waals surface area contributed by atoms with Gasteiger partial charge in [-0.15, -0.1) is 0 Å². The van der Waals surface area contributed by atoms with Crippen molar-refractivity contribution in [1.82, 2.24) is 0 Å². The van der Waals surface area contributed by atoms with Gasteiger partial charge in [0.15, 0.2) is 6.61 Å². The number of thiocyanates is 1. The minimum Gasteiger partial charge on any atom is -0.497 e. The number of carbonyl (C=O) groups is 2. The monoisotopic (exact) mass is 412 g/mol. The van der Waals surface area contributed by atoms with Crippen LogP contribution >= 0.6 is 11.8 Å². The molecule has 7 nitrogen and oxygen atoms in total. The molecule has 0 heterocycles. The molecule has 8 heteroatoms. The number of amides is 1. The second-order valence-corrected chi connectivity index (χ2v) is 6.66. The summed E-state index contributed by atoms with van der Waals surface area (Å²) in [4.78, 5) is 24.7. The Balaban J connectivity index is 1.90. The van der Waals surface area contributed by atoms with Gasteiger partial charge in [-0.1, -0.05) is 0 Å². The highest BCUT2D eigenvalue weighted by molar-refractivity contribution is 8.03. The van der Waals surface area contributed by atoms with Gasteiger partial charge in [0.05, 0.1) is 14.2 Å². The number of ether oxygens (including phenoxy) is 3. The molecule has 0 aliphatic carbocycles. The SMILES string of the molecule is COc1cc(/C=C/C(=O)OCC(=O)Nc2ccc(SC#N)cc2C)cc(OC)c1. The van der Waals surface area contributed by atoms with Crippen LogP contribution in [-0.2, 0) is 14.3 Å². The molecule has 0 aliphatic heterocycles. The normalized spacial score (nSPS) is 10.3. The first kappa shape index (κ1) is 21.9. The van der Waals surface area contributed by atoms with Gasteiger partial charge in [-0.3, -0.25) is 4.79 Å². The zero-order valence-corrected chi connectivity index (χ0v) is 17.0. The maximum atomic E-state index is 12.0. The zero-order chi connectivity index (χ0) is 21.2. The Labute approximate surface area is 173 Å². The summed E-state index contributed by atoms with van der Waals surface area (Å²) in [5, 5.41) is 13.4. The number of methoxy groups -OCH3 is 2. The number of nitrogens with zero attached hydrogens (tertiary/aromatic N) is 1. The molecular weight excluding hydrogens is 392 g/mol. The number of nitrogens with one attached hydrogen (secondary N) is 1. The van der Waals surface area contributed by atoms with Gasteiger partial charge in [-0.25, -0.2) is 4.79 Å². The molecule has 0 bridgehead atoms. The molecule has 0 atom stereocenters. The first-order valence-corrected chi connectivity index (χ1v) is 9.31. The molecule has 0 radical (unpaired) electrons. The lowest BCUT2D eigenvalue weighted by molar-refractivity contribution is -0.142. The quantitative estimate of drug-likeness (QED) is 0.305. The molecule has 0 saturated heterocycles. The molecule has 1 N–H and O–H groups in total. The Bertz CT molecular complexity index is 944. The van der Waals surface area contributed by atoms with Gasteiger partial charge in [0, 0.05) is 22.7 Å². The number of anilines is 1. The molecular formula is C21H20N2O5S. The van der Waals surface area contributed by atoms with Gasteiger partial charge in [0.25, 0.3) is 5.91 Å². The second-order valence-electron chi connectivity index (χ2n) is 5.81. The predicted octanol–water partition coefficient (Wildman–Crippen LogP) is 3.78. The zero-order valence-electron chi connectivity index (χ0n) is 16.2. The van der Waals surface area contributed by atoms with Crippen LogP contribution in [-0.4, -0.2) is 32.7 Å². The molecule has 29 heavy (non-hydrogen) atoms. The average molecular weight is 412 g/mol. The summed E-state index contributed by atoms with van der Waals surface area (Å²) in [6.45, 7) is 1.40. The number of rotatable bonds is 8. The lowest BCUT2D eigenvalue weighted by Crippen LogP contribution is -2.20. The van der Waals surface area contributed by atoms with Gasteiger partial charge < -0.3 is 19.5 Å². The van der Waals surface area contributed by atoms with E-state index in [0.29, 0.717) is 22.7 Å². The third kappa shape index (κ3) is 6.90. The van der Waals surface area contributed by atoms with Crippen molar-refractivity contribution in [2.24, 2.45) is 0 Å². The van der Waals surface area contributed by atoms with Gasteiger partial charge >= 0.3 is 5.97 Å². The first-order valence-electron chi connectivity index (χ1n) is 8.49. The molecule has 0 aliphatic rings. The number of esters is 1. The highest BCUT2D eigenvalue weighted by Crippen LogP contribution is 2.24.